The van der Waals surface area contributed by atoms with Gasteiger partial charge < -0.3 is 35.4 Å². The van der Waals surface area contributed by atoms with E-state index in [2.05, 4.69) is 42.5 Å². The Morgan fingerprint density at radius 2 is 2.02 bits per heavy atom. The van der Waals surface area contributed by atoms with Crippen LogP contribution in [0.5, 0.6) is 0 Å². The number of ether oxygens (including phenoxy) is 1. The molecule has 1 aromatic carbocycles. The molecule has 4 N–H and O–H groups in total. The van der Waals surface area contributed by atoms with Crippen LogP contribution in [-0.2, 0) is 4.74 Å². The Hall–Kier alpha value is -4.82. The highest BCUT2D eigenvalue weighted by atomic mass is 19.2. The molecule has 12 nitrogen and oxygen atoms in total. The van der Waals surface area contributed by atoms with Crippen LogP contribution >= 0.6 is 0 Å². The van der Waals surface area contributed by atoms with Gasteiger partial charge in [0.05, 0.1) is 46.2 Å². The summed E-state index contributed by atoms with van der Waals surface area (Å²) < 4.78 is 37.3. The Bertz CT molecular complexity index is 2060. The number of rotatable bonds is 8. The van der Waals surface area contributed by atoms with Gasteiger partial charge in [-0.25, -0.2) is 28.2 Å². The molecule has 0 radical (unpaired) electrons. The van der Waals surface area contributed by atoms with Crippen molar-refractivity contribution in [2.45, 2.75) is 12.5 Å². The Morgan fingerprint density at radius 1 is 1.20 bits per heavy atom. The van der Waals surface area contributed by atoms with E-state index in [0.717, 1.165) is 25.6 Å². The molecule has 6 heterocycles. The fourth-order valence-electron chi connectivity index (χ4n) is 7.00. The number of nitrogens with zero attached hydrogens (tertiary/aromatic N) is 5. The number of hydrogen-bond acceptors (Lipinski definition) is 9. The molecular formula is C31H32F2N8O4. The SMILES string of the molecule is CNc1cc(F)c(F)c2c1[nH]c1ncc(-c3cnc4c(c3)c(=O)c(C(=O)O)cn4NCCOC)c(N3CC[C@@H]4CN(C)C[C@@H]43)c12. The van der Waals surface area contributed by atoms with Crippen molar-refractivity contribution >= 4 is 50.3 Å². The van der Waals surface area contributed by atoms with Crippen molar-refractivity contribution in [2.75, 3.05) is 69.6 Å². The zero-order chi connectivity index (χ0) is 31.6. The van der Waals surface area contributed by atoms with Crippen LogP contribution in [0.15, 0.2) is 35.5 Å². The summed E-state index contributed by atoms with van der Waals surface area (Å²) >= 11 is 0. The molecule has 0 unspecified atom stereocenters. The Kier molecular flexibility index (Phi) is 7.05. The summed E-state index contributed by atoms with van der Waals surface area (Å²) in [5.74, 6) is -2.95. The number of aromatic carboxylic acids is 1. The number of benzene rings is 1. The van der Waals surface area contributed by atoms with Crippen molar-refractivity contribution in [3.05, 3.63) is 58.1 Å². The van der Waals surface area contributed by atoms with E-state index in [1.807, 2.05) is 0 Å². The zero-order valence-electron chi connectivity index (χ0n) is 24.9. The summed E-state index contributed by atoms with van der Waals surface area (Å²) in [6.07, 6.45) is 5.36. The van der Waals surface area contributed by atoms with E-state index in [-0.39, 0.29) is 22.5 Å². The number of carboxylic acids is 1. The number of H-pyrrole nitrogens is 1. The zero-order valence-corrected chi connectivity index (χ0v) is 24.9. The second kappa shape index (κ2) is 11.0. The second-order valence-electron chi connectivity index (χ2n) is 11.7. The van der Waals surface area contributed by atoms with Gasteiger partial charge in [-0.15, -0.1) is 0 Å². The van der Waals surface area contributed by atoms with Crippen LogP contribution in [0.2, 0.25) is 0 Å². The maximum atomic E-state index is 15.8. The highest BCUT2D eigenvalue weighted by Gasteiger charge is 2.42. The lowest BCUT2D eigenvalue weighted by molar-refractivity contribution is 0.0695. The molecule has 2 fully saturated rings. The molecule has 0 amide bonds. The monoisotopic (exact) mass is 618 g/mol. The van der Waals surface area contributed by atoms with Gasteiger partial charge >= 0.3 is 5.97 Å². The first-order chi connectivity index (χ1) is 21.7. The summed E-state index contributed by atoms with van der Waals surface area (Å²) in [5, 5.41) is 13.4. The van der Waals surface area contributed by atoms with Gasteiger partial charge in [-0.3, -0.25) is 4.79 Å². The number of carboxylic acid groups (broad SMARTS) is 1. The fraction of sp³-hybridized carbons (Fsp3) is 0.355. The molecular weight excluding hydrogens is 586 g/mol. The molecule has 45 heavy (non-hydrogen) atoms. The lowest BCUT2D eigenvalue weighted by atomic mass is 9.99. The van der Waals surface area contributed by atoms with Crippen molar-refractivity contribution in [3.8, 4) is 11.1 Å². The summed E-state index contributed by atoms with van der Waals surface area (Å²) in [4.78, 5) is 42.4. The molecule has 0 spiro atoms. The number of halogens is 2. The predicted molar refractivity (Wildman–Crippen MR) is 168 cm³/mol. The van der Waals surface area contributed by atoms with E-state index < -0.39 is 28.6 Å². The molecule has 5 aromatic rings. The number of aromatic amines is 1. The fourth-order valence-corrected chi connectivity index (χ4v) is 7.00. The highest BCUT2D eigenvalue weighted by Crippen LogP contribution is 2.46. The first kappa shape index (κ1) is 28.9. The molecule has 234 valence electrons. The Morgan fingerprint density at radius 3 is 2.78 bits per heavy atom. The minimum Gasteiger partial charge on any atom is -0.477 e. The number of anilines is 2. The number of hydrogen-bond donors (Lipinski definition) is 4. The van der Waals surface area contributed by atoms with E-state index >= 15 is 4.39 Å². The molecule has 7 rings (SSSR count). The minimum absolute atomic E-state index is 0.0804. The second-order valence-corrected chi connectivity index (χ2v) is 11.7. The normalized spacial score (nSPS) is 18.4. The molecule has 2 aliphatic rings. The van der Waals surface area contributed by atoms with Gasteiger partial charge in [-0.1, -0.05) is 0 Å². The number of carbonyl (C=O) groups is 1. The third kappa shape index (κ3) is 4.54. The highest BCUT2D eigenvalue weighted by molar-refractivity contribution is 6.18. The summed E-state index contributed by atoms with van der Waals surface area (Å²) in [5.41, 5.74) is 5.06. The summed E-state index contributed by atoms with van der Waals surface area (Å²) in [6.45, 7) is 3.10. The standard InChI is InChI=1S/C31H32F2N8O4/c1-34-21-9-20(32)25(33)23-24-27(40-6-4-15-12-39(2)14-22(15)40)18(11-35-29(24)38-26(21)23)16-8-17-28(42)19(31(43)44)13-41(30(17)36-10-16)37-5-7-45-3/h8-11,13,15,22,34,37H,4-7,12,14H2,1-3H3,(H,35,38)(H,43,44)/t15-,22+/m1/s1. The third-order valence-electron chi connectivity index (χ3n) is 9.02. The van der Waals surface area contributed by atoms with Gasteiger partial charge in [0.15, 0.2) is 17.3 Å². The van der Waals surface area contributed by atoms with Crippen molar-refractivity contribution < 1.29 is 23.4 Å². The van der Waals surface area contributed by atoms with Crippen molar-refractivity contribution in [2.24, 2.45) is 5.92 Å². The largest absolute Gasteiger partial charge is 0.477 e. The average Bonchev–Trinajstić information content (AvgIpc) is 3.71. The van der Waals surface area contributed by atoms with Gasteiger partial charge in [0.1, 0.15) is 11.2 Å². The summed E-state index contributed by atoms with van der Waals surface area (Å²) in [6, 6.07) is 2.83. The van der Waals surface area contributed by atoms with Crippen molar-refractivity contribution in [3.63, 3.8) is 0 Å². The number of likely N-dealkylation sites (tertiary alicyclic amines) is 1. The number of nitrogens with one attached hydrogen (secondary N) is 3. The van der Waals surface area contributed by atoms with Crippen LogP contribution < -0.4 is 21.1 Å². The molecule has 2 saturated heterocycles. The number of pyridine rings is 3. The van der Waals surface area contributed by atoms with Crippen LogP contribution in [0, 0.1) is 17.6 Å². The molecule has 0 bridgehead atoms. The lowest BCUT2D eigenvalue weighted by Gasteiger charge is -2.29. The molecule has 2 aliphatic heterocycles. The van der Waals surface area contributed by atoms with Gasteiger partial charge in [-0.05, 0) is 25.5 Å². The van der Waals surface area contributed by atoms with E-state index in [9.17, 15) is 19.1 Å². The number of fused-ring (bicyclic) bond motifs is 5. The van der Waals surface area contributed by atoms with Crippen LogP contribution in [0.3, 0.4) is 0 Å². The van der Waals surface area contributed by atoms with Gasteiger partial charge in [0.2, 0.25) is 5.43 Å². The third-order valence-corrected chi connectivity index (χ3v) is 9.02. The Labute approximate surface area is 255 Å². The predicted octanol–water partition coefficient (Wildman–Crippen LogP) is 3.44. The van der Waals surface area contributed by atoms with E-state index in [1.54, 1.807) is 32.6 Å². The van der Waals surface area contributed by atoms with E-state index in [1.165, 1.54) is 10.9 Å². The smallest absolute Gasteiger partial charge is 0.341 e. The number of methoxy groups -OCH3 is 1. The van der Waals surface area contributed by atoms with Gasteiger partial charge in [0, 0.05) is 75.6 Å². The topological polar surface area (TPSA) is 141 Å². The maximum Gasteiger partial charge on any atom is 0.341 e. The Balaban J connectivity index is 1.52. The first-order valence-electron chi connectivity index (χ1n) is 14.7. The molecule has 2 atom stereocenters. The quantitative estimate of drug-likeness (QED) is 0.191. The van der Waals surface area contributed by atoms with Crippen LogP contribution in [0.4, 0.5) is 20.2 Å². The van der Waals surface area contributed by atoms with E-state index in [0.29, 0.717) is 64.7 Å². The maximum absolute atomic E-state index is 15.8. The number of likely N-dealkylation sites (N-methyl/N-ethyl adjacent to an activating group) is 1. The molecule has 0 aliphatic carbocycles. The van der Waals surface area contributed by atoms with Crippen molar-refractivity contribution in [1.82, 2.24) is 24.5 Å². The van der Waals surface area contributed by atoms with Crippen molar-refractivity contribution in [1.29, 1.82) is 0 Å². The lowest BCUT2D eigenvalue weighted by Crippen LogP contribution is -2.35. The van der Waals surface area contributed by atoms with Crippen LogP contribution in [0.25, 0.3) is 44.1 Å². The van der Waals surface area contributed by atoms with Crippen LogP contribution in [-0.4, -0.2) is 95.6 Å². The van der Waals surface area contributed by atoms with Gasteiger partial charge in [-0.2, -0.15) is 0 Å². The van der Waals surface area contributed by atoms with E-state index in [4.69, 9.17) is 4.74 Å². The molecule has 0 saturated carbocycles. The minimum atomic E-state index is -1.37. The average molecular weight is 619 g/mol. The first-order valence-corrected chi connectivity index (χ1v) is 14.7. The molecule has 4 aromatic heterocycles. The number of aromatic nitrogens is 4. The molecule has 14 heteroatoms. The van der Waals surface area contributed by atoms with Gasteiger partial charge in [0.25, 0.3) is 0 Å². The van der Waals surface area contributed by atoms with Crippen LogP contribution in [0.1, 0.15) is 16.8 Å². The summed E-state index contributed by atoms with van der Waals surface area (Å²) in [7, 11) is 5.25.